The summed E-state index contributed by atoms with van der Waals surface area (Å²) in [6.45, 7) is 0.101. The van der Waals surface area contributed by atoms with Gasteiger partial charge in [-0.2, -0.15) is 0 Å². The summed E-state index contributed by atoms with van der Waals surface area (Å²) in [6.07, 6.45) is 4.85. The highest BCUT2D eigenvalue weighted by Gasteiger charge is 2.24. The Morgan fingerprint density at radius 3 is 2.44 bits per heavy atom. The lowest BCUT2D eigenvalue weighted by atomic mass is 9.82. The van der Waals surface area contributed by atoms with E-state index < -0.39 is 18.1 Å². The molecule has 2 atom stereocenters. The van der Waals surface area contributed by atoms with Gasteiger partial charge in [-0.1, -0.05) is 55.7 Å². The van der Waals surface area contributed by atoms with Crippen LogP contribution in [0.5, 0.6) is 5.75 Å². The molecule has 1 aliphatic carbocycles. The fraction of sp³-hybridized carbons (Fsp3) is 0.367. The maximum Gasteiger partial charge on any atom is 0.307 e. The Hall–Kier alpha value is -3.19. The molecular formula is C30H35NO5. The lowest BCUT2D eigenvalue weighted by Gasteiger charge is -2.27. The van der Waals surface area contributed by atoms with E-state index in [9.17, 15) is 20.1 Å². The van der Waals surface area contributed by atoms with E-state index in [1.165, 1.54) is 6.42 Å². The highest BCUT2D eigenvalue weighted by atomic mass is 16.5. The monoisotopic (exact) mass is 489 g/mol. The Morgan fingerprint density at radius 2 is 1.69 bits per heavy atom. The molecule has 0 spiro atoms. The average molecular weight is 490 g/mol. The lowest BCUT2D eigenvalue weighted by Crippen LogP contribution is -2.16. The van der Waals surface area contributed by atoms with Crippen LogP contribution in [-0.4, -0.2) is 27.9 Å². The molecular weight excluding hydrogens is 454 g/mol. The quantitative estimate of drug-likeness (QED) is 0.313. The summed E-state index contributed by atoms with van der Waals surface area (Å²) in [5.41, 5.74) is 11.1. The van der Waals surface area contributed by atoms with Crippen molar-refractivity contribution in [2.75, 3.05) is 6.61 Å². The van der Waals surface area contributed by atoms with Crippen LogP contribution in [-0.2, 0) is 17.8 Å². The zero-order valence-corrected chi connectivity index (χ0v) is 20.5. The van der Waals surface area contributed by atoms with Gasteiger partial charge in [-0.25, -0.2) is 0 Å². The molecule has 0 aromatic heterocycles. The minimum atomic E-state index is -0.910. The van der Waals surface area contributed by atoms with Gasteiger partial charge in [-0.3, -0.25) is 4.79 Å². The zero-order valence-electron chi connectivity index (χ0n) is 20.5. The first-order valence-corrected chi connectivity index (χ1v) is 12.7. The molecule has 190 valence electrons. The third-order valence-electron chi connectivity index (χ3n) is 7.01. The maximum absolute atomic E-state index is 11.3. The molecule has 0 amide bonds. The summed E-state index contributed by atoms with van der Waals surface area (Å²) in [5.74, 6) is -0.143. The van der Waals surface area contributed by atoms with Crippen molar-refractivity contribution >= 4 is 5.97 Å². The van der Waals surface area contributed by atoms with Crippen LogP contribution < -0.4 is 10.5 Å². The van der Waals surface area contributed by atoms with Crippen molar-refractivity contribution < 1.29 is 24.9 Å². The molecule has 36 heavy (non-hydrogen) atoms. The first-order chi connectivity index (χ1) is 17.4. The number of aliphatic carboxylic acids is 1. The fourth-order valence-electron chi connectivity index (χ4n) is 5.03. The molecule has 1 fully saturated rings. The second-order valence-electron chi connectivity index (χ2n) is 9.69. The van der Waals surface area contributed by atoms with Gasteiger partial charge in [0.2, 0.25) is 0 Å². The normalized spacial score (nSPS) is 15.9. The third-order valence-corrected chi connectivity index (χ3v) is 7.01. The lowest BCUT2D eigenvalue weighted by molar-refractivity contribution is -0.136. The number of hydrogen-bond acceptors (Lipinski definition) is 5. The van der Waals surface area contributed by atoms with Crippen molar-refractivity contribution in [2.45, 2.75) is 57.3 Å². The number of ether oxygens (including phenoxy) is 1. The van der Waals surface area contributed by atoms with Crippen molar-refractivity contribution in [3.8, 4) is 16.9 Å². The molecule has 0 radical (unpaired) electrons. The Balaban J connectivity index is 1.66. The number of carboxylic acids is 1. The van der Waals surface area contributed by atoms with Crippen LogP contribution in [0.25, 0.3) is 11.1 Å². The highest BCUT2D eigenvalue weighted by Crippen LogP contribution is 2.36. The van der Waals surface area contributed by atoms with E-state index in [1.54, 1.807) is 18.2 Å². The predicted octanol–water partition coefficient (Wildman–Crippen LogP) is 5.17. The molecule has 3 aromatic rings. The van der Waals surface area contributed by atoms with Gasteiger partial charge in [0.25, 0.3) is 0 Å². The van der Waals surface area contributed by atoms with Gasteiger partial charge in [0, 0.05) is 5.56 Å². The smallest absolute Gasteiger partial charge is 0.307 e. The van der Waals surface area contributed by atoms with Crippen molar-refractivity contribution in [1.82, 2.24) is 0 Å². The van der Waals surface area contributed by atoms with Crippen LogP contribution in [0, 0.1) is 5.92 Å². The van der Waals surface area contributed by atoms with E-state index in [4.69, 9.17) is 10.5 Å². The Morgan fingerprint density at radius 1 is 0.944 bits per heavy atom. The van der Waals surface area contributed by atoms with Crippen molar-refractivity contribution in [3.05, 3.63) is 89.0 Å². The van der Waals surface area contributed by atoms with E-state index >= 15 is 0 Å². The molecule has 6 heteroatoms. The van der Waals surface area contributed by atoms with Crippen LogP contribution in [0.4, 0.5) is 0 Å². The van der Waals surface area contributed by atoms with Gasteiger partial charge in [0.1, 0.15) is 12.4 Å². The average Bonchev–Trinajstić information content (AvgIpc) is 2.91. The van der Waals surface area contributed by atoms with Gasteiger partial charge in [-0.05, 0) is 76.9 Å². The molecule has 4 rings (SSSR count). The standard InChI is InChI=1S/C30H35NO5/c31-27(18-32)23-11-6-10-22(15-23)25-13-20(14-26(16-25)30(35)21-7-2-1-3-8-21)19-36-28-12-5-4-9-24(28)17-29(33)34/h4-6,9-16,21,27,30,32,35H,1-3,7-8,17-19,31H2,(H,33,34). The molecule has 0 bridgehead atoms. The Kier molecular flexibility index (Phi) is 8.75. The number of benzene rings is 3. The van der Waals surface area contributed by atoms with Gasteiger partial charge in [0.05, 0.1) is 25.2 Å². The van der Waals surface area contributed by atoms with Gasteiger partial charge in [0.15, 0.2) is 0 Å². The summed E-state index contributed by atoms with van der Waals surface area (Å²) >= 11 is 0. The van der Waals surface area contributed by atoms with E-state index in [0.717, 1.165) is 53.5 Å². The first-order valence-electron chi connectivity index (χ1n) is 12.7. The maximum atomic E-state index is 11.3. The van der Waals surface area contributed by atoms with E-state index in [1.807, 2.05) is 48.5 Å². The minimum Gasteiger partial charge on any atom is -0.489 e. The van der Waals surface area contributed by atoms with Crippen LogP contribution >= 0.6 is 0 Å². The topological polar surface area (TPSA) is 113 Å². The summed E-state index contributed by atoms with van der Waals surface area (Å²) in [4.78, 5) is 11.3. The molecule has 0 saturated heterocycles. The van der Waals surface area contributed by atoms with Crippen LogP contribution in [0.2, 0.25) is 0 Å². The van der Waals surface area contributed by atoms with Gasteiger partial charge in [-0.15, -0.1) is 0 Å². The van der Waals surface area contributed by atoms with Crippen LogP contribution in [0.1, 0.15) is 66.5 Å². The predicted molar refractivity (Wildman–Crippen MR) is 140 cm³/mol. The molecule has 1 saturated carbocycles. The number of rotatable bonds is 10. The summed E-state index contributed by atoms with van der Waals surface area (Å²) in [5, 5.41) is 30.0. The van der Waals surface area contributed by atoms with E-state index in [2.05, 4.69) is 0 Å². The minimum absolute atomic E-state index is 0.111. The second kappa shape index (κ2) is 12.2. The molecule has 6 nitrogen and oxygen atoms in total. The molecule has 0 aliphatic heterocycles. The first kappa shape index (κ1) is 25.9. The number of para-hydroxylation sites is 1. The van der Waals surface area contributed by atoms with Gasteiger partial charge < -0.3 is 25.8 Å². The zero-order chi connectivity index (χ0) is 25.5. The Labute approximate surface area is 212 Å². The van der Waals surface area contributed by atoms with Crippen molar-refractivity contribution in [3.63, 3.8) is 0 Å². The van der Waals surface area contributed by atoms with Gasteiger partial charge >= 0.3 is 5.97 Å². The molecule has 1 aliphatic rings. The fourth-order valence-corrected chi connectivity index (χ4v) is 5.03. The molecule has 0 heterocycles. The molecule has 3 aromatic carbocycles. The summed E-state index contributed by atoms with van der Waals surface area (Å²) in [7, 11) is 0. The van der Waals surface area contributed by atoms with E-state index in [-0.39, 0.29) is 25.6 Å². The Bertz CT molecular complexity index is 1170. The molecule has 2 unspecified atom stereocenters. The largest absolute Gasteiger partial charge is 0.489 e. The van der Waals surface area contributed by atoms with E-state index in [0.29, 0.717) is 11.3 Å². The van der Waals surface area contributed by atoms with Crippen molar-refractivity contribution in [1.29, 1.82) is 0 Å². The second-order valence-corrected chi connectivity index (χ2v) is 9.69. The number of carboxylic acid groups (broad SMARTS) is 1. The van der Waals surface area contributed by atoms with Crippen molar-refractivity contribution in [2.24, 2.45) is 11.7 Å². The molecule has 5 N–H and O–H groups in total. The third kappa shape index (κ3) is 6.52. The van der Waals surface area contributed by atoms with Crippen LogP contribution in [0.15, 0.2) is 66.7 Å². The summed E-state index contributed by atoms with van der Waals surface area (Å²) < 4.78 is 6.08. The number of hydrogen-bond donors (Lipinski definition) is 4. The number of aliphatic hydroxyl groups is 2. The number of aliphatic hydroxyl groups excluding tert-OH is 2. The SMILES string of the molecule is NC(CO)c1cccc(-c2cc(COc3ccccc3CC(=O)O)cc(C(O)C3CCCCC3)c2)c1. The highest BCUT2D eigenvalue weighted by molar-refractivity contribution is 5.71. The number of nitrogens with two attached hydrogens (primary N) is 1. The number of carbonyl (C=O) groups is 1. The summed E-state index contributed by atoms with van der Waals surface area (Å²) in [6, 6.07) is 20.5. The van der Waals surface area contributed by atoms with Crippen LogP contribution in [0.3, 0.4) is 0 Å².